The van der Waals surface area contributed by atoms with Gasteiger partial charge >= 0.3 is 0 Å². The maximum atomic E-state index is 4.48. The molecule has 2 N–H and O–H groups in total. The third kappa shape index (κ3) is 3.88. The number of unbranched alkanes of at least 4 members (excludes halogenated alkanes) is 1. The lowest BCUT2D eigenvalue weighted by atomic mass is 10.1. The largest absolute Gasteiger partial charge is 0.345 e. The zero-order valence-electron chi connectivity index (χ0n) is 12.1. The Hall–Kier alpha value is -0.290. The molecule has 2 saturated heterocycles. The summed E-state index contributed by atoms with van der Waals surface area (Å²) in [5.74, 6) is 2.04. The molecule has 6 heteroatoms. The molecule has 0 radical (unpaired) electrons. The first-order valence-corrected chi connectivity index (χ1v) is 7.34. The second-order valence-electron chi connectivity index (χ2n) is 5.70. The van der Waals surface area contributed by atoms with Crippen LogP contribution in [0.5, 0.6) is 0 Å². The maximum absolute atomic E-state index is 4.48. The van der Waals surface area contributed by atoms with Gasteiger partial charge in [-0.1, -0.05) is 13.3 Å². The molecular weight excluding hydrogens is 295 g/mol. The van der Waals surface area contributed by atoms with E-state index < -0.39 is 0 Å². The molecular formula is C14H26Cl2N4. The molecule has 2 aliphatic heterocycles. The molecule has 3 rings (SSSR count). The number of nitrogens with zero attached hydrogens (tertiary/aromatic N) is 2. The molecule has 20 heavy (non-hydrogen) atoms. The normalized spacial score (nSPS) is 25.1. The van der Waals surface area contributed by atoms with Gasteiger partial charge in [0.1, 0.15) is 5.82 Å². The van der Waals surface area contributed by atoms with Crippen LogP contribution >= 0.6 is 24.8 Å². The number of nitrogens with one attached hydrogen (secondary N) is 2. The molecule has 1 aromatic heterocycles. The maximum Gasteiger partial charge on any atom is 0.106 e. The SMILES string of the molecule is CCCCc1ncc(CN2CC[C@H]3CNC[C@H]32)[nH]1.Cl.Cl. The molecule has 2 atom stereocenters. The second-order valence-corrected chi connectivity index (χ2v) is 5.70. The molecule has 2 aliphatic rings. The van der Waals surface area contributed by atoms with Crippen LogP contribution in [0.3, 0.4) is 0 Å². The van der Waals surface area contributed by atoms with Crippen LogP contribution in [0.15, 0.2) is 6.20 Å². The first-order chi connectivity index (χ1) is 8.86. The van der Waals surface area contributed by atoms with Crippen LogP contribution in [0.4, 0.5) is 0 Å². The molecule has 4 nitrogen and oxygen atoms in total. The van der Waals surface area contributed by atoms with Crippen LogP contribution in [0, 0.1) is 5.92 Å². The fraction of sp³-hybridized carbons (Fsp3) is 0.786. The van der Waals surface area contributed by atoms with Crippen molar-refractivity contribution in [2.45, 2.75) is 45.2 Å². The zero-order valence-corrected chi connectivity index (χ0v) is 13.7. The lowest BCUT2D eigenvalue weighted by Gasteiger charge is -2.22. The summed E-state index contributed by atoms with van der Waals surface area (Å²) in [6, 6.07) is 0.757. The van der Waals surface area contributed by atoms with Crippen LogP contribution in [0.2, 0.25) is 0 Å². The van der Waals surface area contributed by atoms with Crippen molar-refractivity contribution in [1.82, 2.24) is 20.2 Å². The number of H-pyrrole nitrogens is 1. The van der Waals surface area contributed by atoms with E-state index in [1.165, 1.54) is 44.6 Å². The van der Waals surface area contributed by atoms with Crippen molar-refractivity contribution in [2.75, 3.05) is 19.6 Å². The highest BCUT2D eigenvalue weighted by atomic mass is 35.5. The van der Waals surface area contributed by atoms with E-state index >= 15 is 0 Å². The molecule has 0 aliphatic carbocycles. The molecule has 0 aromatic carbocycles. The predicted molar refractivity (Wildman–Crippen MR) is 86.9 cm³/mol. The summed E-state index contributed by atoms with van der Waals surface area (Å²) in [5, 5.41) is 3.51. The van der Waals surface area contributed by atoms with E-state index in [1.807, 2.05) is 6.20 Å². The molecule has 2 fully saturated rings. The Balaban J connectivity index is 0.000001000. The topological polar surface area (TPSA) is 44.0 Å². The minimum atomic E-state index is 0. The van der Waals surface area contributed by atoms with Crippen molar-refractivity contribution in [3.63, 3.8) is 0 Å². The predicted octanol–water partition coefficient (Wildman–Crippen LogP) is 2.39. The number of likely N-dealkylation sites (tertiary alicyclic amines) is 1. The van der Waals surface area contributed by atoms with Crippen molar-refractivity contribution < 1.29 is 0 Å². The summed E-state index contributed by atoms with van der Waals surface area (Å²) in [6.07, 6.45) is 6.93. The third-order valence-electron chi connectivity index (χ3n) is 4.38. The van der Waals surface area contributed by atoms with E-state index in [9.17, 15) is 0 Å². The first-order valence-electron chi connectivity index (χ1n) is 7.34. The van der Waals surface area contributed by atoms with Gasteiger partial charge in [-0.15, -0.1) is 24.8 Å². The van der Waals surface area contributed by atoms with E-state index in [0.717, 1.165) is 30.7 Å². The Bertz CT molecular complexity index is 396. The number of aromatic amines is 1. The Kier molecular flexibility index (Phi) is 7.30. The highest BCUT2D eigenvalue weighted by Gasteiger charge is 2.37. The smallest absolute Gasteiger partial charge is 0.106 e. The van der Waals surface area contributed by atoms with Gasteiger partial charge in [-0.2, -0.15) is 0 Å². The number of rotatable bonds is 5. The number of fused-ring (bicyclic) bond motifs is 1. The van der Waals surface area contributed by atoms with Crippen LogP contribution in [-0.4, -0.2) is 40.5 Å². The number of halogens is 2. The van der Waals surface area contributed by atoms with Gasteiger partial charge in [0, 0.05) is 37.4 Å². The van der Waals surface area contributed by atoms with Crippen LogP contribution in [0.25, 0.3) is 0 Å². The molecule has 116 valence electrons. The monoisotopic (exact) mass is 320 g/mol. The Morgan fingerprint density at radius 1 is 1.35 bits per heavy atom. The molecule has 1 aromatic rings. The second kappa shape index (κ2) is 8.23. The van der Waals surface area contributed by atoms with Gasteiger partial charge in [-0.3, -0.25) is 4.90 Å². The van der Waals surface area contributed by atoms with Gasteiger partial charge in [0.15, 0.2) is 0 Å². The average molecular weight is 321 g/mol. The Morgan fingerprint density at radius 2 is 2.20 bits per heavy atom. The molecule has 0 bridgehead atoms. The van der Waals surface area contributed by atoms with E-state index in [2.05, 4.69) is 27.1 Å². The lowest BCUT2D eigenvalue weighted by Crippen LogP contribution is -2.33. The molecule has 0 amide bonds. The minimum Gasteiger partial charge on any atom is -0.345 e. The third-order valence-corrected chi connectivity index (χ3v) is 4.38. The summed E-state index contributed by atoms with van der Waals surface area (Å²) >= 11 is 0. The van der Waals surface area contributed by atoms with Crippen LogP contribution in [-0.2, 0) is 13.0 Å². The lowest BCUT2D eigenvalue weighted by molar-refractivity contribution is 0.241. The number of aromatic nitrogens is 2. The fourth-order valence-corrected chi connectivity index (χ4v) is 3.31. The fourth-order valence-electron chi connectivity index (χ4n) is 3.31. The van der Waals surface area contributed by atoms with E-state index in [0.29, 0.717) is 0 Å². The van der Waals surface area contributed by atoms with E-state index in [1.54, 1.807) is 0 Å². The quantitative estimate of drug-likeness (QED) is 0.875. The molecule has 0 spiro atoms. The zero-order chi connectivity index (χ0) is 12.4. The van der Waals surface area contributed by atoms with Gasteiger partial charge in [-0.05, 0) is 31.8 Å². The van der Waals surface area contributed by atoms with Crippen molar-refractivity contribution in [3.05, 3.63) is 17.7 Å². The summed E-state index contributed by atoms with van der Waals surface area (Å²) < 4.78 is 0. The number of aryl methyl sites for hydroxylation is 1. The summed E-state index contributed by atoms with van der Waals surface area (Å²) in [7, 11) is 0. The Labute approximate surface area is 133 Å². The highest BCUT2D eigenvalue weighted by molar-refractivity contribution is 5.85. The number of imidazole rings is 1. The van der Waals surface area contributed by atoms with Gasteiger partial charge in [0.05, 0.1) is 0 Å². The van der Waals surface area contributed by atoms with Crippen molar-refractivity contribution in [2.24, 2.45) is 5.92 Å². The first kappa shape index (κ1) is 17.8. The summed E-state index contributed by atoms with van der Waals surface area (Å²) in [6.45, 7) is 6.90. The Morgan fingerprint density at radius 3 is 3.00 bits per heavy atom. The van der Waals surface area contributed by atoms with Gasteiger partial charge in [0.2, 0.25) is 0 Å². The van der Waals surface area contributed by atoms with Crippen molar-refractivity contribution in [3.8, 4) is 0 Å². The highest BCUT2D eigenvalue weighted by Crippen LogP contribution is 2.28. The standard InChI is InChI=1S/C14H24N4.2ClH/c1-2-3-4-14-16-8-12(17-14)10-18-6-5-11-7-15-9-13(11)18;;/h8,11,13,15H,2-7,9-10H2,1H3,(H,16,17);2*1H/t11-,13+;;/m0../s1. The molecule has 0 unspecified atom stereocenters. The van der Waals surface area contributed by atoms with Crippen LogP contribution < -0.4 is 5.32 Å². The molecule has 3 heterocycles. The average Bonchev–Trinajstić information content (AvgIpc) is 3.05. The van der Waals surface area contributed by atoms with Gasteiger partial charge in [-0.25, -0.2) is 4.98 Å². The van der Waals surface area contributed by atoms with Crippen LogP contribution in [0.1, 0.15) is 37.7 Å². The van der Waals surface area contributed by atoms with Crippen molar-refractivity contribution >= 4 is 24.8 Å². The summed E-state index contributed by atoms with van der Waals surface area (Å²) in [5.41, 5.74) is 1.29. The van der Waals surface area contributed by atoms with E-state index in [-0.39, 0.29) is 24.8 Å². The molecule has 0 saturated carbocycles. The van der Waals surface area contributed by atoms with E-state index in [4.69, 9.17) is 0 Å². The van der Waals surface area contributed by atoms with Crippen molar-refractivity contribution in [1.29, 1.82) is 0 Å². The van der Waals surface area contributed by atoms with Gasteiger partial charge < -0.3 is 10.3 Å². The summed E-state index contributed by atoms with van der Waals surface area (Å²) in [4.78, 5) is 10.6. The number of hydrogen-bond acceptors (Lipinski definition) is 3. The minimum absolute atomic E-state index is 0. The number of hydrogen-bond donors (Lipinski definition) is 2. The van der Waals surface area contributed by atoms with Gasteiger partial charge in [0.25, 0.3) is 0 Å².